The predicted molar refractivity (Wildman–Crippen MR) is 68.2 cm³/mol. The molecule has 102 valence electrons. The van der Waals surface area contributed by atoms with E-state index in [9.17, 15) is 0 Å². The normalized spacial score (nSPS) is 12.6. The fourth-order valence-corrected chi connectivity index (χ4v) is 1.58. The fraction of sp³-hybridized carbons (Fsp3) is 0.500. The highest BCUT2D eigenvalue weighted by Gasteiger charge is 2.17. The summed E-state index contributed by atoms with van der Waals surface area (Å²) in [4.78, 5) is 4.28. The lowest BCUT2D eigenvalue weighted by Gasteiger charge is -2.05. The highest BCUT2D eigenvalue weighted by molar-refractivity contribution is 5.55. The zero-order chi connectivity index (χ0) is 13.8. The maximum absolute atomic E-state index is 5.90. The molecule has 0 aliphatic carbocycles. The molecule has 0 bridgehead atoms. The molecule has 0 aromatic carbocycles. The Morgan fingerprint density at radius 1 is 1.37 bits per heavy atom. The molecule has 0 radical (unpaired) electrons. The SMILES string of the molecule is CCOCC(N)c1noc(-c2cc(C)nnc2C)n1. The molecule has 2 N–H and O–H groups in total. The first kappa shape index (κ1) is 13.6. The molecular formula is C12H17N5O2. The molecule has 0 saturated carbocycles. The lowest BCUT2D eigenvalue weighted by molar-refractivity contribution is 0.130. The number of nitrogens with two attached hydrogens (primary N) is 1. The van der Waals surface area contributed by atoms with Gasteiger partial charge in [0.25, 0.3) is 5.89 Å². The fourth-order valence-electron chi connectivity index (χ4n) is 1.58. The Kier molecular flexibility index (Phi) is 4.18. The maximum Gasteiger partial charge on any atom is 0.259 e. The minimum atomic E-state index is -0.395. The maximum atomic E-state index is 5.90. The van der Waals surface area contributed by atoms with Crippen molar-refractivity contribution in [3.63, 3.8) is 0 Å². The average Bonchev–Trinajstić information content (AvgIpc) is 2.88. The zero-order valence-electron chi connectivity index (χ0n) is 11.3. The Morgan fingerprint density at radius 3 is 2.89 bits per heavy atom. The largest absolute Gasteiger partial charge is 0.380 e. The van der Waals surface area contributed by atoms with Gasteiger partial charge in [-0.2, -0.15) is 15.2 Å². The van der Waals surface area contributed by atoms with E-state index in [4.69, 9.17) is 15.0 Å². The van der Waals surface area contributed by atoms with Gasteiger partial charge in [0.05, 0.1) is 29.6 Å². The van der Waals surface area contributed by atoms with E-state index in [0.29, 0.717) is 24.9 Å². The van der Waals surface area contributed by atoms with Gasteiger partial charge in [0.1, 0.15) is 0 Å². The quantitative estimate of drug-likeness (QED) is 0.864. The van der Waals surface area contributed by atoms with Crippen molar-refractivity contribution in [2.75, 3.05) is 13.2 Å². The molecule has 1 unspecified atom stereocenters. The van der Waals surface area contributed by atoms with Crippen molar-refractivity contribution in [1.29, 1.82) is 0 Å². The Balaban J connectivity index is 2.23. The van der Waals surface area contributed by atoms with E-state index in [1.54, 1.807) is 0 Å². The highest BCUT2D eigenvalue weighted by Crippen LogP contribution is 2.21. The number of aromatic nitrogens is 4. The van der Waals surface area contributed by atoms with Crippen LogP contribution >= 0.6 is 0 Å². The molecule has 19 heavy (non-hydrogen) atoms. The van der Waals surface area contributed by atoms with Crippen molar-refractivity contribution >= 4 is 0 Å². The smallest absolute Gasteiger partial charge is 0.259 e. The summed E-state index contributed by atoms with van der Waals surface area (Å²) < 4.78 is 10.5. The highest BCUT2D eigenvalue weighted by atomic mass is 16.5. The van der Waals surface area contributed by atoms with Crippen LogP contribution in [0.1, 0.15) is 30.2 Å². The van der Waals surface area contributed by atoms with Crippen molar-refractivity contribution in [1.82, 2.24) is 20.3 Å². The number of aryl methyl sites for hydroxylation is 2. The Morgan fingerprint density at radius 2 is 2.16 bits per heavy atom. The molecule has 2 rings (SSSR count). The second kappa shape index (κ2) is 5.85. The van der Waals surface area contributed by atoms with Gasteiger partial charge in [-0.05, 0) is 26.8 Å². The van der Waals surface area contributed by atoms with Crippen LogP contribution < -0.4 is 5.73 Å². The number of ether oxygens (including phenoxy) is 1. The zero-order valence-corrected chi connectivity index (χ0v) is 11.3. The summed E-state index contributed by atoms with van der Waals surface area (Å²) in [5.41, 5.74) is 8.20. The van der Waals surface area contributed by atoms with Crippen LogP contribution in [-0.4, -0.2) is 33.6 Å². The van der Waals surface area contributed by atoms with Crippen LogP contribution in [0.3, 0.4) is 0 Å². The third-order valence-corrected chi connectivity index (χ3v) is 2.61. The van der Waals surface area contributed by atoms with Gasteiger partial charge < -0.3 is 15.0 Å². The first-order valence-corrected chi connectivity index (χ1v) is 6.10. The third kappa shape index (κ3) is 3.12. The number of hydrogen-bond acceptors (Lipinski definition) is 7. The van der Waals surface area contributed by atoms with Crippen molar-refractivity contribution in [2.24, 2.45) is 5.73 Å². The van der Waals surface area contributed by atoms with Crippen LogP contribution in [0.4, 0.5) is 0 Å². The van der Waals surface area contributed by atoms with Gasteiger partial charge in [0, 0.05) is 6.61 Å². The molecule has 0 saturated heterocycles. The van der Waals surface area contributed by atoms with E-state index in [2.05, 4.69) is 20.3 Å². The molecule has 0 aliphatic heterocycles. The summed E-state index contributed by atoms with van der Waals surface area (Å²) in [7, 11) is 0. The van der Waals surface area contributed by atoms with Crippen molar-refractivity contribution < 1.29 is 9.26 Å². The molecule has 0 spiro atoms. The van der Waals surface area contributed by atoms with E-state index in [-0.39, 0.29) is 0 Å². The van der Waals surface area contributed by atoms with Crippen LogP contribution in [0.15, 0.2) is 10.6 Å². The minimum Gasteiger partial charge on any atom is -0.380 e. The molecule has 7 heteroatoms. The van der Waals surface area contributed by atoms with Gasteiger partial charge in [-0.15, -0.1) is 0 Å². The molecule has 1 atom stereocenters. The van der Waals surface area contributed by atoms with Crippen LogP contribution in [-0.2, 0) is 4.74 Å². The molecule has 2 heterocycles. The summed E-state index contributed by atoms with van der Waals surface area (Å²) >= 11 is 0. The summed E-state index contributed by atoms with van der Waals surface area (Å²) in [6.07, 6.45) is 0. The standard InChI is InChI=1S/C12H17N5O2/c1-4-18-6-10(13)11-14-12(19-17-11)9-5-7(2)15-16-8(9)3/h5,10H,4,6,13H2,1-3H3. The van der Waals surface area contributed by atoms with Gasteiger partial charge in [-0.1, -0.05) is 5.16 Å². The summed E-state index contributed by atoms with van der Waals surface area (Å²) in [5, 5.41) is 11.9. The van der Waals surface area contributed by atoms with Crippen molar-refractivity contribution in [3.8, 4) is 11.5 Å². The molecule has 2 aromatic heterocycles. The summed E-state index contributed by atoms with van der Waals surface area (Å²) in [5.74, 6) is 0.828. The van der Waals surface area contributed by atoms with Crippen LogP contribution in [0.2, 0.25) is 0 Å². The van der Waals surface area contributed by atoms with Gasteiger partial charge >= 0.3 is 0 Å². The van der Waals surface area contributed by atoms with Gasteiger partial charge in [-0.3, -0.25) is 0 Å². The second-order valence-electron chi connectivity index (χ2n) is 4.21. The van der Waals surface area contributed by atoms with E-state index in [1.165, 1.54) is 0 Å². The van der Waals surface area contributed by atoms with Crippen LogP contribution in [0.5, 0.6) is 0 Å². The Labute approximate surface area is 111 Å². The van der Waals surface area contributed by atoms with Gasteiger partial charge in [0.2, 0.25) is 0 Å². The lowest BCUT2D eigenvalue weighted by atomic mass is 10.2. The monoisotopic (exact) mass is 263 g/mol. The molecule has 0 amide bonds. The number of hydrogen-bond donors (Lipinski definition) is 1. The molecule has 2 aromatic rings. The first-order chi connectivity index (χ1) is 9.11. The summed E-state index contributed by atoms with van der Waals surface area (Å²) in [6.45, 7) is 6.57. The summed E-state index contributed by atoms with van der Waals surface area (Å²) in [6, 6.07) is 1.46. The van der Waals surface area contributed by atoms with Crippen LogP contribution in [0.25, 0.3) is 11.5 Å². The van der Waals surface area contributed by atoms with Crippen LogP contribution in [0, 0.1) is 13.8 Å². The molecule has 0 fully saturated rings. The van der Waals surface area contributed by atoms with E-state index < -0.39 is 6.04 Å². The van der Waals surface area contributed by atoms with E-state index in [1.807, 2.05) is 26.8 Å². The predicted octanol–water partition coefficient (Wildman–Crippen LogP) is 1.18. The van der Waals surface area contributed by atoms with Crippen molar-refractivity contribution in [3.05, 3.63) is 23.3 Å². The third-order valence-electron chi connectivity index (χ3n) is 2.61. The lowest BCUT2D eigenvalue weighted by Crippen LogP contribution is -2.18. The first-order valence-electron chi connectivity index (χ1n) is 6.10. The van der Waals surface area contributed by atoms with E-state index in [0.717, 1.165) is 17.0 Å². The minimum absolute atomic E-state index is 0.363. The topological polar surface area (TPSA) is 100.0 Å². The Bertz CT molecular complexity index is 555. The van der Waals surface area contributed by atoms with E-state index >= 15 is 0 Å². The molecule has 7 nitrogen and oxygen atoms in total. The Hall–Kier alpha value is -1.86. The van der Waals surface area contributed by atoms with Gasteiger partial charge in [0.15, 0.2) is 5.82 Å². The molecule has 0 aliphatic rings. The second-order valence-corrected chi connectivity index (χ2v) is 4.21. The number of rotatable bonds is 5. The van der Waals surface area contributed by atoms with Crippen molar-refractivity contribution in [2.45, 2.75) is 26.8 Å². The average molecular weight is 263 g/mol. The molecular weight excluding hydrogens is 246 g/mol. The number of nitrogens with zero attached hydrogens (tertiary/aromatic N) is 4. The van der Waals surface area contributed by atoms with Gasteiger partial charge in [-0.25, -0.2) is 0 Å².